The van der Waals surface area contributed by atoms with Gasteiger partial charge in [0, 0.05) is 10.9 Å². The number of benzene rings is 2. The highest BCUT2D eigenvalue weighted by Gasteiger charge is 2.10. The van der Waals surface area contributed by atoms with Gasteiger partial charge >= 0.3 is 0 Å². The zero-order chi connectivity index (χ0) is 12.5. The van der Waals surface area contributed by atoms with Gasteiger partial charge in [-0.1, -0.05) is 34.1 Å². The summed E-state index contributed by atoms with van der Waals surface area (Å²) in [5, 5.41) is 0.493. The summed E-state index contributed by atoms with van der Waals surface area (Å²) in [7, 11) is 0. The fourth-order valence-corrected chi connectivity index (χ4v) is 2.24. The molecule has 3 aromatic rings. The van der Waals surface area contributed by atoms with Crippen LogP contribution in [0, 0.1) is 5.82 Å². The number of para-hydroxylation sites is 2. The van der Waals surface area contributed by atoms with Crippen molar-refractivity contribution in [1.82, 2.24) is 4.98 Å². The molecule has 2 nitrogen and oxygen atoms in total. The van der Waals surface area contributed by atoms with Gasteiger partial charge in [0.15, 0.2) is 5.58 Å². The highest BCUT2D eigenvalue weighted by Crippen LogP contribution is 2.26. The smallest absolute Gasteiger partial charge is 0.227 e. The average Bonchev–Trinajstić information content (AvgIpc) is 2.82. The van der Waals surface area contributed by atoms with E-state index in [1.165, 1.54) is 6.07 Å². The van der Waals surface area contributed by atoms with Crippen LogP contribution in [0.1, 0.15) is 5.56 Å². The molecule has 2 aromatic carbocycles. The summed E-state index contributed by atoms with van der Waals surface area (Å²) < 4.78 is 19.3. The maximum atomic E-state index is 13.7. The van der Waals surface area contributed by atoms with Crippen LogP contribution in [-0.4, -0.2) is 4.98 Å². The van der Waals surface area contributed by atoms with Crippen molar-refractivity contribution in [1.29, 1.82) is 0 Å². The minimum absolute atomic E-state index is 0.258. The molecule has 0 N–H and O–H groups in total. The molecule has 0 spiro atoms. The number of hydrogen-bond donors (Lipinski definition) is 0. The summed E-state index contributed by atoms with van der Waals surface area (Å²) in [4.78, 5) is 4.33. The molecule has 90 valence electrons. The van der Waals surface area contributed by atoms with Crippen LogP contribution in [-0.2, 0) is 5.33 Å². The van der Waals surface area contributed by atoms with Crippen LogP contribution in [0.2, 0.25) is 0 Å². The third kappa shape index (κ3) is 1.93. The lowest BCUT2D eigenvalue weighted by molar-refractivity contribution is 0.606. The van der Waals surface area contributed by atoms with Crippen LogP contribution >= 0.6 is 15.9 Å². The Kier molecular flexibility index (Phi) is 2.88. The summed E-state index contributed by atoms with van der Waals surface area (Å²) in [5.74, 6) is 0.183. The van der Waals surface area contributed by atoms with E-state index in [0.29, 0.717) is 27.9 Å². The van der Waals surface area contributed by atoms with Gasteiger partial charge < -0.3 is 4.42 Å². The van der Waals surface area contributed by atoms with Crippen molar-refractivity contribution in [3.8, 4) is 11.5 Å². The first-order valence-corrected chi connectivity index (χ1v) is 6.60. The van der Waals surface area contributed by atoms with Crippen LogP contribution in [0.5, 0.6) is 0 Å². The van der Waals surface area contributed by atoms with E-state index in [-0.39, 0.29) is 5.82 Å². The Labute approximate surface area is 112 Å². The van der Waals surface area contributed by atoms with Crippen molar-refractivity contribution in [3.63, 3.8) is 0 Å². The van der Waals surface area contributed by atoms with Crippen molar-refractivity contribution in [2.45, 2.75) is 5.33 Å². The lowest BCUT2D eigenvalue weighted by Gasteiger charge is -2.00. The molecule has 0 aliphatic carbocycles. The van der Waals surface area contributed by atoms with E-state index in [9.17, 15) is 4.39 Å². The molecule has 0 aliphatic heterocycles. The Morgan fingerprint density at radius 1 is 1.17 bits per heavy atom. The molecule has 1 aromatic heterocycles. The van der Waals surface area contributed by atoms with Crippen LogP contribution < -0.4 is 0 Å². The molecule has 18 heavy (non-hydrogen) atoms. The predicted octanol–water partition coefficient (Wildman–Crippen LogP) is 4.53. The lowest BCUT2D eigenvalue weighted by atomic mass is 10.1. The first kappa shape index (κ1) is 11.4. The van der Waals surface area contributed by atoms with Gasteiger partial charge in [-0.2, -0.15) is 0 Å². The molecule has 0 unspecified atom stereocenters. The molecule has 4 heteroatoms. The summed E-state index contributed by atoms with van der Waals surface area (Å²) in [6.07, 6.45) is 0. The highest BCUT2D eigenvalue weighted by atomic mass is 79.9. The normalized spacial score (nSPS) is 11.0. The Morgan fingerprint density at radius 2 is 2.00 bits per heavy atom. The first-order chi connectivity index (χ1) is 8.78. The van der Waals surface area contributed by atoms with E-state index in [2.05, 4.69) is 20.9 Å². The molecular weight excluding hydrogens is 297 g/mol. The summed E-state index contributed by atoms with van der Waals surface area (Å²) in [5.41, 5.74) is 2.75. The number of hydrogen-bond acceptors (Lipinski definition) is 2. The first-order valence-electron chi connectivity index (χ1n) is 5.48. The Balaban J connectivity index is 2.11. The van der Waals surface area contributed by atoms with Gasteiger partial charge in [-0.3, -0.25) is 0 Å². The molecule has 0 saturated carbocycles. The van der Waals surface area contributed by atoms with Gasteiger partial charge in [0.2, 0.25) is 5.89 Å². The highest BCUT2D eigenvalue weighted by molar-refractivity contribution is 9.08. The molecule has 0 saturated heterocycles. The van der Waals surface area contributed by atoms with Gasteiger partial charge in [0.25, 0.3) is 0 Å². The summed E-state index contributed by atoms with van der Waals surface area (Å²) in [6.45, 7) is 0. The van der Waals surface area contributed by atoms with E-state index in [4.69, 9.17) is 4.42 Å². The average molecular weight is 306 g/mol. The number of aromatic nitrogens is 1. The number of halogens is 2. The zero-order valence-electron chi connectivity index (χ0n) is 9.36. The van der Waals surface area contributed by atoms with Crippen molar-refractivity contribution in [2.75, 3.05) is 0 Å². The van der Waals surface area contributed by atoms with Crippen LogP contribution in [0.3, 0.4) is 0 Å². The fraction of sp³-hybridized carbons (Fsp3) is 0.0714. The van der Waals surface area contributed by atoms with E-state index < -0.39 is 0 Å². The second-order valence-corrected chi connectivity index (χ2v) is 4.49. The standard InChI is InChI=1S/C14H9BrFNO/c15-8-10-6-5-9(7-11(10)16)14-17-12-3-1-2-4-13(12)18-14/h1-7H,8H2. The fourth-order valence-electron chi connectivity index (χ4n) is 1.78. The van der Waals surface area contributed by atoms with Gasteiger partial charge in [-0.25, -0.2) is 9.37 Å². The molecule has 0 radical (unpaired) electrons. The monoisotopic (exact) mass is 305 g/mol. The molecule has 3 rings (SSSR count). The second kappa shape index (κ2) is 4.53. The minimum Gasteiger partial charge on any atom is -0.436 e. The number of alkyl halides is 1. The van der Waals surface area contributed by atoms with Gasteiger partial charge in [0.1, 0.15) is 11.3 Å². The maximum absolute atomic E-state index is 13.7. The number of oxazole rings is 1. The Bertz CT molecular complexity index is 675. The predicted molar refractivity (Wildman–Crippen MR) is 72.0 cm³/mol. The van der Waals surface area contributed by atoms with Crippen LogP contribution in [0.25, 0.3) is 22.6 Å². The van der Waals surface area contributed by atoms with Gasteiger partial charge in [-0.15, -0.1) is 0 Å². The van der Waals surface area contributed by atoms with E-state index >= 15 is 0 Å². The van der Waals surface area contributed by atoms with E-state index in [1.807, 2.05) is 30.3 Å². The van der Waals surface area contributed by atoms with Crippen molar-refractivity contribution >= 4 is 27.0 Å². The third-order valence-corrected chi connectivity index (χ3v) is 3.34. The molecule has 0 amide bonds. The SMILES string of the molecule is Fc1cc(-c2nc3ccccc3o2)ccc1CBr. The molecular formula is C14H9BrFNO. The third-order valence-electron chi connectivity index (χ3n) is 2.74. The van der Waals surface area contributed by atoms with E-state index in [1.54, 1.807) is 6.07 Å². The minimum atomic E-state index is -0.258. The molecule has 1 heterocycles. The Morgan fingerprint density at radius 3 is 2.72 bits per heavy atom. The van der Waals surface area contributed by atoms with Gasteiger partial charge in [-0.05, 0) is 29.8 Å². The summed E-state index contributed by atoms with van der Waals surface area (Å²) in [6, 6.07) is 12.5. The van der Waals surface area contributed by atoms with Crippen molar-refractivity contribution in [3.05, 3.63) is 53.8 Å². The molecule has 0 atom stereocenters. The second-order valence-electron chi connectivity index (χ2n) is 3.93. The number of fused-ring (bicyclic) bond motifs is 1. The largest absolute Gasteiger partial charge is 0.436 e. The van der Waals surface area contributed by atoms with Crippen molar-refractivity contribution in [2.24, 2.45) is 0 Å². The topological polar surface area (TPSA) is 26.0 Å². The Hall–Kier alpha value is -1.68. The summed E-state index contributed by atoms with van der Waals surface area (Å²) >= 11 is 3.24. The van der Waals surface area contributed by atoms with E-state index in [0.717, 1.165) is 5.52 Å². The number of rotatable bonds is 2. The zero-order valence-corrected chi connectivity index (χ0v) is 10.9. The maximum Gasteiger partial charge on any atom is 0.227 e. The molecule has 0 fully saturated rings. The molecule has 0 aliphatic rings. The van der Waals surface area contributed by atoms with Crippen molar-refractivity contribution < 1.29 is 8.81 Å². The van der Waals surface area contributed by atoms with Crippen LogP contribution in [0.4, 0.5) is 4.39 Å². The molecule has 0 bridgehead atoms. The van der Waals surface area contributed by atoms with Gasteiger partial charge in [0.05, 0.1) is 0 Å². The van der Waals surface area contributed by atoms with Crippen LogP contribution in [0.15, 0.2) is 46.9 Å². The quantitative estimate of drug-likeness (QED) is 0.650. The number of nitrogens with zero attached hydrogens (tertiary/aromatic N) is 1. The lowest BCUT2D eigenvalue weighted by Crippen LogP contribution is -1.87.